The van der Waals surface area contributed by atoms with E-state index in [9.17, 15) is 9.90 Å². The van der Waals surface area contributed by atoms with Gasteiger partial charge < -0.3 is 21.5 Å². The second-order valence-electron chi connectivity index (χ2n) is 8.83. The first-order chi connectivity index (χ1) is 17.5. The molecule has 186 valence electrons. The number of nitrogens with zero attached hydrogens (tertiary/aromatic N) is 2. The van der Waals surface area contributed by atoms with Gasteiger partial charge in [-0.3, -0.25) is 4.79 Å². The molecule has 0 bridgehead atoms. The van der Waals surface area contributed by atoms with Gasteiger partial charge in [0.15, 0.2) is 0 Å². The van der Waals surface area contributed by atoms with Crippen molar-refractivity contribution in [2.75, 3.05) is 11.9 Å². The SMILES string of the molecule is CCC(CO)NC(c1ccccc1)c1cccc(NC(=O)c2cc(C)nn2-c2cccc(CN)c2)c1. The van der Waals surface area contributed by atoms with Crippen LogP contribution >= 0.6 is 0 Å². The van der Waals surface area contributed by atoms with Crippen molar-refractivity contribution in [1.29, 1.82) is 0 Å². The molecule has 1 aromatic heterocycles. The van der Waals surface area contributed by atoms with Crippen LogP contribution in [-0.4, -0.2) is 33.4 Å². The lowest BCUT2D eigenvalue weighted by molar-refractivity contribution is 0.101. The summed E-state index contributed by atoms with van der Waals surface area (Å²) in [6.45, 7) is 4.36. The lowest BCUT2D eigenvalue weighted by Crippen LogP contribution is -2.35. The summed E-state index contributed by atoms with van der Waals surface area (Å²) in [5, 5.41) is 20.9. The number of amides is 1. The summed E-state index contributed by atoms with van der Waals surface area (Å²) < 4.78 is 1.65. The van der Waals surface area contributed by atoms with Crippen molar-refractivity contribution in [2.45, 2.75) is 38.9 Å². The zero-order valence-electron chi connectivity index (χ0n) is 20.7. The third-order valence-electron chi connectivity index (χ3n) is 6.18. The first-order valence-electron chi connectivity index (χ1n) is 12.2. The predicted octanol–water partition coefficient (Wildman–Crippen LogP) is 4.34. The van der Waals surface area contributed by atoms with E-state index in [-0.39, 0.29) is 24.6 Å². The molecule has 7 heteroatoms. The zero-order chi connectivity index (χ0) is 25.5. The molecule has 0 aliphatic heterocycles. The normalized spacial score (nSPS) is 12.8. The minimum Gasteiger partial charge on any atom is -0.395 e. The molecule has 2 unspecified atom stereocenters. The topological polar surface area (TPSA) is 105 Å². The predicted molar refractivity (Wildman–Crippen MR) is 143 cm³/mol. The van der Waals surface area contributed by atoms with Gasteiger partial charge in [-0.05, 0) is 60.4 Å². The second-order valence-corrected chi connectivity index (χ2v) is 8.83. The maximum Gasteiger partial charge on any atom is 0.274 e. The lowest BCUT2D eigenvalue weighted by Gasteiger charge is -2.25. The summed E-state index contributed by atoms with van der Waals surface area (Å²) in [5.74, 6) is -0.253. The fourth-order valence-corrected chi connectivity index (χ4v) is 4.23. The number of nitrogens with two attached hydrogens (primary N) is 1. The quantitative estimate of drug-likeness (QED) is 0.269. The Morgan fingerprint density at radius 3 is 2.47 bits per heavy atom. The number of anilines is 1. The smallest absolute Gasteiger partial charge is 0.274 e. The average Bonchev–Trinajstić information content (AvgIpc) is 3.32. The van der Waals surface area contributed by atoms with E-state index in [0.29, 0.717) is 17.9 Å². The largest absolute Gasteiger partial charge is 0.395 e. The number of hydrogen-bond acceptors (Lipinski definition) is 5. The van der Waals surface area contributed by atoms with E-state index in [2.05, 4.69) is 27.9 Å². The van der Waals surface area contributed by atoms with E-state index >= 15 is 0 Å². The number of aliphatic hydroxyl groups is 1. The highest BCUT2D eigenvalue weighted by Crippen LogP contribution is 2.26. The molecule has 4 aromatic rings. The van der Waals surface area contributed by atoms with Gasteiger partial charge in [-0.1, -0.05) is 61.5 Å². The van der Waals surface area contributed by atoms with Crippen molar-refractivity contribution in [3.8, 4) is 5.69 Å². The Morgan fingerprint density at radius 2 is 1.75 bits per heavy atom. The number of aryl methyl sites for hydroxylation is 1. The van der Waals surface area contributed by atoms with Crippen LogP contribution in [0.3, 0.4) is 0 Å². The first kappa shape index (κ1) is 25.3. The number of hydrogen-bond donors (Lipinski definition) is 4. The number of rotatable bonds is 10. The minimum absolute atomic E-state index is 0.0462. The van der Waals surface area contributed by atoms with Crippen LogP contribution in [0.4, 0.5) is 5.69 Å². The standard InChI is InChI=1S/C29H33N5O2/c1-3-24(19-35)31-28(22-10-5-4-6-11-22)23-12-8-13-25(17-23)32-29(36)27-15-20(2)33-34(27)26-14-7-9-21(16-26)18-30/h4-17,24,28,31,35H,3,18-19,30H2,1-2H3,(H,32,36). The Balaban J connectivity index is 1.62. The van der Waals surface area contributed by atoms with E-state index in [0.717, 1.165) is 34.5 Å². The molecule has 0 saturated heterocycles. The Bertz CT molecular complexity index is 1300. The van der Waals surface area contributed by atoms with Gasteiger partial charge >= 0.3 is 0 Å². The summed E-state index contributed by atoms with van der Waals surface area (Å²) >= 11 is 0. The van der Waals surface area contributed by atoms with Gasteiger partial charge in [0, 0.05) is 18.3 Å². The summed E-state index contributed by atoms with van der Waals surface area (Å²) in [6.07, 6.45) is 0.797. The fraction of sp³-hybridized carbons (Fsp3) is 0.241. The third-order valence-corrected chi connectivity index (χ3v) is 6.18. The van der Waals surface area contributed by atoms with E-state index in [1.54, 1.807) is 10.7 Å². The Labute approximate surface area is 212 Å². The number of carbonyl (C=O) groups is 1. The molecule has 5 N–H and O–H groups in total. The molecular formula is C29H33N5O2. The number of aliphatic hydroxyl groups excluding tert-OH is 1. The van der Waals surface area contributed by atoms with Gasteiger partial charge in [0.1, 0.15) is 5.69 Å². The lowest BCUT2D eigenvalue weighted by atomic mass is 9.97. The summed E-state index contributed by atoms with van der Waals surface area (Å²) in [6, 6.07) is 27.2. The number of aromatic nitrogens is 2. The molecule has 0 saturated carbocycles. The van der Waals surface area contributed by atoms with Crippen LogP contribution in [0.1, 0.15) is 52.3 Å². The molecule has 1 amide bonds. The van der Waals surface area contributed by atoms with Crippen LogP contribution in [0.2, 0.25) is 0 Å². The summed E-state index contributed by atoms with van der Waals surface area (Å²) in [4.78, 5) is 13.4. The maximum atomic E-state index is 13.4. The molecule has 0 fully saturated rings. The Kier molecular flexibility index (Phi) is 8.28. The maximum absolute atomic E-state index is 13.4. The zero-order valence-corrected chi connectivity index (χ0v) is 20.7. The van der Waals surface area contributed by atoms with Crippen LogP contribution in [0.25, 0.3) is 5.69 Å². The monoisotopic (exact) mass is 483 g/mol. The van der Waals surface area contributed by atoms with Crippen molar-refractivity contribution in [3.63, 3.8) is 0 Å². The number of benzene rings is 3. The highest BCUT2D eigenvalue weighted by molar-refractivity contribution is 6.03. The highest BCUT2D eigenvalue weighted by Gasteiger charge is 2.20. The minimum atomic E-state index is -0.253. The molecule has 0 aliphatic rings. The molecule has 0 aliphatic carbocycles. The highest BCUT2D eigenvalue weighted by atomic mass is 16.3. The fourth-order valence-electron chi connectivity index (χ4n) is 4.23. The molecule has 7 nitrogen and oxygen atoms in total. The van der Waals surface area contributed by atoms with Gasteiger partial charge in [-0.2, -0.15) is 5.10 Å². The van der Waals surface area contributed by atoms with Crippen LogP contribution < -0.4 is 16.4 Å². The molecular weight excluding hydrogens is 450 g/mol. The molecule has 4 rings (SSSR count). The third kappa shape index (κ3) is 5.88. The van der Waals surface area contributed by atoms with Crippen molar-refractivity contribution in [1.82, 2.24) is 15.1 Å². The Hall–Kier alpha value is -3.78. The van der Waals surface area contributed by atoms with Crippen molar-refractivity contribution < 1.29 is 9.90 Å². The van der Waals surface area contributed by atoms with Crippen LogP contribution in [0.15, 0.2) is 84.9 Å². The van der Waals surface area contributed by atoms with Gasteiger partial charge in [0.2, 0.25) is 0 Å². The molecule has 2 atom stereocenters. The average molecular weight is 484 g/mol. The first-order valence-corrected chi connectivity index (χ1v) is 12.2. The van der Waals surface area contributed by atoms with Crippen molar-refractivity contribution in [3.05, 3.63) is 113 Å². The van der Waals surface area contributed by atoms with Crippen molar-refractivity contribution >= 4 is 11.6 Å². The molecule has 3 aromatic carbocycles. The molecule has 0 radical (unpaired) electrons. The van der Waals surface area contributed by atoms with E-state index in [4.69, 9.17) is 5.73 Å². The van der Waals surface area contributed by atoms with Crippen molar-refractivity contribution in [2.24, 2.45) is 5.73 Å². The van der Waals surface area contributed by atoms with Crippen LogP contribution in [-0.2, 0) is 6.54 Å². The van der Waals surface area contributed by atoms with Crippen LogP contribution in [0, 0.1) is 6.92 Å². The molecule has 0 spiro atoms. The van der Waals surface area contributed by atoms with E-state index in [1.165, 1.54) is 0 Å². The molecule has 36 heavy (non-hydrogen) atoms. The van der Waals surface area contributed by atoms with Gasteiger partial charge in [-0.25, -0.2) is 4.68 Å². The second kappa shape index (κ2) is 11.8. The molecule has 1 heterocycles. The summed E-state index contributed by atoms with van der Waals surface area (Å²) in [5.41, 5.74) is 11.5. The number of carbonyl (C=O) groups excluding carboxylic acids is 1. The Morgan fingerprint density at radius 1 is 1.00 bits per heavy atom. The van der Waals surface area contributed by atoms with E-state index < -0.39 is 0 Å². The van der Waals surface area contributed by atoms with E-state index in [1.807, 2.05) is 80.6 Å². The number of nitrogens with one attached hydrogen (secondary N) is 2. The van der Waals surface area contributed by atoms with Crippen LogP contribution in [0.5, 0.6) is 0 Å². The van der Waals surface area contributed by atoms with Gasteiger partial charge in [0.25, 0.3) is 5.91 Å². The summed E-state index contributed by atoms with van der Waals surface area (Å²) in [7, 11) is 0. The van der Waals surface area contributed by atoms with Gasteiger partial charge in [0.05, 0.1) is 24.0 Å². The van der Waals surface area contributed by atoms with Gasteiger partial charge in [-0.15, -0.1) is 0 Å².